The molecule has 2 N–H and O–H groups in total. The number of hydrazone groups is 1. The number of hydrogen-bond acceptors (Lipinski definition) is 7. The van der Waals surface area contributed by atoms with Crippen LogP contribution in [0.4, 0.5) is 0 Å². The third-order valence-corrected chi connectivity index (χ3v) is 6.77. The fourth-order valence-corrected chi connectivity index (χ4v) is 5.12. The number of aromatic hydroxyl groups is 1. The monoisotopic (exact) mass is 615 g/mol. The molecule has 1 heterocycles. The summed E-state index contributed by atoms with van der Waals surface area (Å²) in [5, 5.41) is 23.3. The van der Waals surface area contributed by atoms with Crippen LogP contribution >= 0.6 is 43.6 Å². The molecule has 0 saturated carbocycles. The smallest absolute Gasteiger partial charge is 0.250 e. The Morgan fingerprint density at radius 2 is 1.89 bits per heavy atom. The predicted octanol–water partition coefficient (Wildman–Crippen LogP) is 5.42. The van der Waals surface area contributed by atoms with Crippen molar-refractivity contribution in [1.82, 2.24) is 20.2 Å². The molecule has 0 saturated heterocycles. The van der Waals surface area contributed by atoms with Crippen LogP contribution in [0.5, 0.6) is 11.5 Å². The summed E-state index contributed by atoms with van der Waals surface area (Å²) in [6, 6.07) is 20.6. The lowest BCUT2D eigenvalue weighted by Crippen LogP contribution is -2.20. The van der Waals surface area contributed by atoms with E-state index in [9.17, 15) is 9.90 Å². The van der Waals surface area contributed by atoms with Crippen LogP contribution in [0.15, 0.2) is 85.9 Å². The predicted molar refractivity (Wildman–Crippen MR) is 143 cm³/mol. The Labute approximate surface area is 222 Å². The number of phenolic OH excluding ortho intramolecular Hbond substituents is 1. The first-order valence-corrected chi connectivity index (χ1v) is 12.8. The van der Waals surface area contributed by atoms with Crippen molar-refractivity contribution in [2.45, 2.75) is 5.16 Å². The van der Waals surface area contributed by atoms with Crippen molar-refractivity contribution in [2.75, 3.05) is 12.9 Å². The highest BCUT2D eigenvalue weighted by atomic mass is 79.9. The summed E-state index contributed by atoms with van der Waals surface area (Å²) < 4.78 is 8.44. The minimum Gasteiger partial charge on any atom is -0.506 e. The average Bonchev–Trinajstić information content (AvgIpc) is 3.30. The first kappa shape index (κ1) is 25.0. The summed E-state index contributed by atoms with van der Waals surface area (Å²) >= 11 is 7.86. The number of nitrogens with one attached hydrogen (secondary N) is 1. The van der Waals surface area contributed by atoms with Gasteiger partial charge in [-0.2, -0.15) is 5.10 Å². The van der Waals surface area contributed by atoms with Crippen molar-refractivity contribution >= 4 is 55.7 Å². The second-order valence-corrected chi connectivity index (χ2v) is 9.83. The molecule has 0 spiro atoms. The summed E-state index contributed by atoms with van der Waals surface area (Å²) in [6.07, 6.45) is 1.38. The van der Waals surface area contributed by atoms with Gasteiger partial charge in [0, 0.05) is 21.3 Å². The highest BCUT2D eigenvalue weighted by Crippen LogP contribution is 2.31. The van der Waals surface area contributed by atoms with Gasteiger partial charge in [-0.1, -0.05) is 58.0 Å². The minimum absolute atomic E-state index is 0.0293. The molecule has 0 unspecified atom stereocenters. The number of rotatable bonds is 8. The van der Waals surface area contributed by atoms with E-state index in [1.165, 1.54) is 18.0 Å². The van der Waals surface area contributed by atoms with Crippen molar-refractivity contribution in [3.8, 4) is 28.6 Å². The number of ether oxygens (including phenoxy) is 1. The van der Waals surface area contributed by atoms with Crippen LogP contribution in [0.1, 0.15) is 5.56 Å². The lowest BCUT2D eigenvalue weighted by atomic mass is 10.2. The van der Waals surface area contributed by atoms with Gasteiger partial charge < -0.3 is 9.84 Å². The van der Waals surface area contributed by atoms with Gasteiger partial charge >= 0.3 is 0 Å². The van der Waals surface area contributed by atoms with E-state index in [2.05, 4.69) is 52.6 Å². The van der Waals surface area contributed by atoms with Crippen LogP contribution in [0.25, 0.3) is 17.1 Å². The topological polar surface area (TPSA) is 102 Å². The molecule has 3 aromatic carbocycles. The zero-order chi connectivity index (χ0) is 24.8. The summed E-state index contributed by atoms with van der Waals surface area (Å²) in [7, 11) is 1.61. The molecule has 11 heteroatoms. The summed E-state index contributed by atoms with van der Waals surface area (Å²) in [5.74, 6) is 1.16. The maximum Gasteiger partial charge on any atom is 0.250 e. The largest absolute Gasteiger partial charge is 0.506 e. The number of thioether (sulfide) groups is 1. The fraction of sp³-hybridized carbons (Fsp3) is 0.0833. The van der Waals surface area contributed by atoms with E-state index in [0.29, 0.717) is 21.0 Å². The first-order valence-electron chi connectivity index (χ1n) is 10.2. The number of halogens is 2. The third kappa shape index (κ3) is 6.11. The Morgan fingerprint density at radius 3 is 2.60 bits per heavy atom. The zero-order valence-corrected chi connectivity index (χ0v) is 22.3. The Hall–Kier alpha value is -3.15. The molecule has 0 aliphatic rings. The SMILES string of the molecule is COc1ccc(-n2c(SCC(=O)NN=Cc3cc(Br)cc(Br)c3O)nnc2-c2ccccc2)cc1. The maximum atomic E-state index is 12.4. The molecule has 178 valence electrons. The van der Waals surface area contributed by atoms with Crippen molar-refractivity contribution < 1.29 is 14.6 Å². The number of methoxy groups -OCH3 is 1. The molecule has 0 fully saturated rings. The lowest BCUT2D eigenvalue weighted by Gasteiger charge is -2.11. The molecule has 0 radical (unpaired) electrons. The number of carbonyl (C=O) groups is 1. The molecule has 4 rings (SSSR count). The van der Waals surface area contributed by atoms with E-state index in [0.717, 1.165) is 21.5 Å². The van der Waals surface area contributed by atoms with E-state index in [4.69, 9.17) is 4.74 Å². The quantitative estimate of drug-likeness (QED) is 0.156. The van der Waals surface area contributed by atoms with Crippen LogP contribution in [0.2, 0.25) is 0 Å². The summed E-state index contributed by atoms with van der Waals surface area (Å²) in [6.45, 7) is 0. The zero-order valence-electron chi connectivity index (χ0n) is 18.4. The average molecular weight is 617 g/mol. The Bertz CT molecular complexity index is 1360. The molecule has 1 amide bonds. The van der Waals surface area contributed by atoms with Crippen molar-refractivity contribution in [1.29, 1.82) is 0 Å². The highest BCUT2D eigenvalue weighted by Gasteiger charge is 2.17. The van der Waals surface area contributed by atoms with Crippen molar-refractivity contribution in [3.05, 3.63) is 81.2 Å². The van der Waals surface area contributed by atoms with Gasteiger partial charge in [0.1, 0.15) is 11.5 Å². The van der Waals surface area contributed by atoms with Crippen molar-refractivity contribution in [2.24, 2.45) is 5.10 Å². The molecule has 8 nitrogen and oxygen atoms in total. The van der Waals surface area contributed by atoms with Gasteiger partial charge in [-0.15, -0.1) is 10.2 Å². The molecule has 0 aliphatic carbocycles. The number of aromatic nitrogens is 3. The van der Waals surface area contributed by atoms with Crippen LogP contribution < -0.4 is 10.2 Å². The van der Waals surface area contributed by atoms with E-state index in [-0.39, 0.29) is 17.4 Å². The Balaban J connectivity index is 1.51. The lowest BCUT2D eigenvalue weighted by molar-refractivity contribution is -0.118. The first-order chi connectivity index (χ1) is 17.0. The molecule has 0 aliphatic heterocycles. The molecular formula is C24H19Br2N5O3S. The molecule has 35 heavy (non-hydrogen) atoms. The standard InChI is InChI=1S/C24H19Br2N5O3S/c1-34-19-9-7-18(8-10-19)31-23(15-5-3-2-4-6-15)29-30-24(31)35-14-21(32)28-27-13-16-11-17(25)12-20(26)22(16)33/h2-13,33H,14H2,1H3,(H,28,32). The number of nitrogens with zero attached hydrogens (tertiary/aromatic N) is 4. The normalized spacial score (nSPS) is 11.1. The van der Waals surface area contributed by atoms with E-state index < -0.39 is 0 Å². The molecule has 0 bridgehead atoms. The van der Waals surface area contributed by atoms with Crippen LogP contribution in [-0.4, -0.2) is 44.9 Å². The molecule has 0 atom stereocenters. The van der Waals surface area contributed by atoms with Gasteiger partial charge in [-0.25, -0.2) is 5.43 Å². The summed E-state index contributed by atoms with van der Waals surface area (Å²) in [5.41, 5.74) is 4.66. The van der Waals surface area contributed by atoms with Gasteiger partial charge in [-0.05, 0) is 52.3 Å². The minimum atomic E-state index is -0.328. The fourth-order valence-electron chi connectivity index (χ4n) is 3.12. The van der Waals surface area contributed by atoms with E-state index >= 15 is 0 Å². The van der Waals surface area contributed by atoms with Crippen LogP contribution in [0, 0.1) is 0 Å². The number of amides is 1. The Morgan fingerprint density at radius 1 is 1.14 bits per heavy atom. The number of benzene rings is 3. The maximum absolute atomic E-state index is 12.4. The molecular weight excluding hydrogens is 598 g/mol. The Kier molecular flexibility index (Phi) is 8.21. The van der Waals surface area contributed by atoms with Gasteiger partial charge in [0.25, 0.3) is 5.91 Å². The third-order valence-electron chi connectivity index (χ3n) is 4.78. The second-order valence-electron chi connectivity index (χ2n) is 7.11. The van der Waals surface area contributed by atoms with Gasteiger partial charge in [-0.3, -0.25) is 9.36 Å². The number of hydrogen-bond donors (Lipinski definition) is 2. The highest BCUT2D eigenvalue weighted by molar-refractivity contribution is 9.11. The van der Waals surface area contributed by atoms with Gasteiger partial charge in [0.15, 0.2) is 11.0 Å². The van der Waals surface area contributed by atoms with Crippen molar-refractivity contribution in [3.63, 3.8) is 0 Å². The van der Waals surface area contributed by atoms with Gasteiger partial charge in [0.05, 0.1) is 23.5 Å². The summed E-state index contributed by atoms with van der Waals surface area (Å²) in [4.78, 5) is 12.4. The van der Waals surface area contributed by atoms with E-state index in [1.807, 2.05) is 59.2 Å². The van der Waals surface area contributed by atoms with Gasteiger partial charge in [0.2, 0.25) is 0 Å². The number of carbonyl (C=O) groups excluding carboxylic acids is 1. The van der Waals surface area contributed by atoms with Crippen LogP contribution in [0.3, 0.4) is 0 Å². The number of phenols is 1. The van der Waals surface area contributed by atoms with E-state index in [1.54, 1.807) is 19.2 Å². The van der Waals surface area contributed by atoms with Crippen LogP contribution in [-0.2, 0) is 4.79 Å². The second kappa shape index (κ2) is 11.5. The molecule has 1 aromatic heterocycles. The molecule has 4 aromatic rings.